The highest BCUT2D eigenvalue weighted by Gasteiger charge is 2.49. The second kappa shape index (κ2) is 6.87. The van der Waals surface area contributed by atoms with Gasteiger partial charge in [0.05, 0.1) is 27.8 Å². The minimum atomic E-state index is -0.540. The Hall–Kier alpha value is -2.76. The Morgan fingerprint density at radius 1 is 1.16 bits per heavy atom. The van der Waals surface area contributed by atoms with Crippen molar-refractivity contribution in [2.75, 3.05) is 0 Å². The lowest BCUT2D eigenvalue weighted by Gasteiger charge is -2.37. The third-order valence-corrected chi connectivity index (χ3v) is 8.36. The summed E-state index contributed by atoms with van der Waals surface area (Å²) in [5, 5.41) is 16.9. The monoisotopic (exact) mass is 427 g/mol. The number of hydrogen-bond donors (Lipinski definition) is 1. The molecule has 2 aliphatic rings. The maximum atomic E-state index is 11.4. The Balaban J connectivity index is 1.35. The second-order valence-electron chi connectivity index (χ2n) is 9.18. The van der Waals surface area contributed by atoms with Crippen LogP contribution < -0.4 is 0 Å². The number of rotatable bonds is 3. The van der Waals surface area contributed by atoms with Gasteiger partial charge in [-0.3, -0.25) is 0 Å². The Morgan fingerprint density at radius 3 is 2.77 bits per heavy atom. The molecule has 1 fully saturated rings. The summed E-state index contributed by atoms with van der Waals surface area (Å²) >= 11 is 1.62. The van der Waals surface area contributed by atoms with E-state index in [9.17, 15) is 5.11 Å². The SMILES string of the molecule is Cc1ccc(-n2ncc3c2C=C2CC[C@H]([C@@H](O)c4nc5ccccc5s4)[C@@]2(C)C3)cc1. The van der Waals surface area contributed by atoms with Crippen LogP contribution in [0.1, 0.15) is 47.7 Å². The number of nitrogens with zero attached hydrogens (tertiary/aromatic N) is 3. The maximum absolute atomic E-state index is 11.4. The molecular formula is C26H25N3OS. The van der Waals surface area contributed by atoms with Crippen molar-refractivity contribution >= 4 is 27.6 Å². The molecule has 2 aromatic heterocycles. The number of hydrogen-bond acceptors (Lipinski definition) is 4. The lowest BCUT2D eigenvalue weighted by Crippen LogP contribution is -2.32. The van der Waals surface area contributed by atoms with Crippen molar-refractivity contribution in [3.8, 4) is 5.69 Å². The highest BCUT2D eigenvalue weighted by molar-refractivity contribution is 7.18. The fraction of sp³-hybridized carbons (Fsp3) is 0.308. The molecule has 3 atom stereocenters. The van der Waals surface area contributed by atoms with Crippen LogP contribution in [0.25, 0.3) is 22.0 Å². The molecule has 4 aromatic rings. The van der Waals surface area contributed by atoms with Gasteiger partial charge in [0.15, 0.2) is 0 Å². The summed E-state index contributed by atoms with van der Waals surface area (Å²) in [5.74, 6) is 0.162. The summed E-state index contributed by atoms with van der Waals surface area (Å²) in [6, 6.07) is 16.7. The third kappa shape index (κ3) is 2.91. The molecule has 0 spiro atoms. The molecular weight excluding hydrogens is 402 g/mol. The standard InChI is InChI=1S/C26H25N3OS/c1-16-7-10-19(11-8-16)29-22-13-18-9-12-20(26(18,2)14-17(22)15-27-29)24(30)25-28-21-5-3-4-6-23(21)31-25/h3-8,10-11,13,15,20,24,30H,9,12,14H2,1-2H3/t20-,24-,26+/m1/s1. The van der Waals surface area contributed by atoms with Crippen molar-refractivity contribution in [1.29, 1.82) is 0 Å². The molecule has 1 N–H and O–H groups in total. The van der Waals surface area contributed by atoms with E-state index in [1.807, 2.05) is 24.4 Å². The van der Waals surface area contributed by atoms with E-state index in [1.54, 1.807) is 11.3 Å². The quantitative estimate of drug-likeness (QED) is 0.444. The minimum absolute atomic E-state index is 0.0641. The van der Waals surface area contributed by atoms with E-state index in [-0.39, 0.29) is 11.3 Å². The first-order valence-corrected chi connectivity index (χ1v) is 11.7. The van der Waals surface area contributed by atoms with E-state index < -0.39 is 6.10 Å². The van der Waals surface area contributed by atoms with Crippen molar-refractivity contribution in [2.24, 2.45) is 11.3 Å². The molecule has 4 nitrogen and oxygen atoms in total. The topological polar surface area (TPSA) is 50.9 Å². The molecule has 156 valence electrons. The molecule has 0 unspecified atom stereocenters. The van der Waals surface area contributed by atoms with Gasteiger partial charge in [-0.1, -0.05) is 42.3 Å². The Kier molecular flexibility index (Phi) is 4.20. The number of benzene rings is 2. The Bertz CT molecular complexity index is 1280. The van der Waals surface area contributed by atoms with Gasteiger partial charge >= 0.3 is 0 Å². The highest BCUT2D eigenvalue weighted by Crippen LogP contribution is 2.57. The van der Waals surface area contributed by atoms with E-state index in [4.69, 9.17) is 10.1 Å². The zero-order valence-electron chi connectivity index (χ0n) is 17.7. The number of allylic oxidation sites excluding steroid dienone is 1. The van der Waals surface area contributed by atoms with E-state index in [1.165, 1.54) is 22.4 Å². The second-order valence-corrected chi connectivity index (χ2v) is 10.2. The Morgan fingerprint density at radius 2 is 1.97 bits per heavy atom. The molecule has 1 saturated carbocycles. The number of thiazole rings is 1. The number of aliphatic hydroxyl groups is 1. The molecule has 2 aromatic carbocycles. The molecule has 0 bridgehead atoms. The predicted octanol–water partition coefficient (Wildman–Crippen LogP) is 5.88. The normalized spacial score (nSPS) is 23.5. The zero-order valence-corrected chi connectivity index (χ0v) is 18.6. The summed E-state index contributed by atoms with van der Waals surface area (Å²) in [5.41, 5.74) is 7.13. The van der Waals surface area contributed by atoms with Crippen LogP contribution in [0, 0.1) is 18.3 Å². The number of aliphatic hydroxyl groups excluding tert-OH is 1. The minimum Gasteiger partial charge on any atom is -0.386 e. The highest BCUT2D eigenvalue weighted by atomic mass is 32.1. The predicted molar refractivity (Wildman–Crippen MR) is 125 cm³/mol. The van der Waals surface area contributed by atoms with Crippen LogP contribution in [0.3, 0.4) is 0 Å². The van der Waals surface area contributed by atoms with Crippen LogP contribution in [0.2, 0.25) is 0 Å². The first-order chi connectivity index (χ1) is 15.0. The molecule has 6 rings (SSSR count). The van der Waals surface area contributed by atoms with Crippen molar-refractivity contribution in [3.63, 3.8) is 0 Å². The Labute approximate surface area is 185 Å². The molecule has 0 radical (unpaired) electrons. The van der Waals surface area contributed by atoms with Crippen LogP contribution in [0.4, 0.5) is 0 Å². The van der Waals surface area contributed by atoms with Crippen molar-refractivity contribution in [1.82, 2.24) is 14.8 Å². The first-order valence-electron chi connectivity index (χ1n) is 10.9. The molecule has 31 heavy (non-hydrogen) atoms. The van der Waals surface area contributed by atoms with E-state index in [0.717, 1.165) is 40.2 Å². The van der Waals surface area contributed by atoms with Crippen LogP contribution in [0.15, 0.2) is 60.3 Å². The summed E-state index contributed by atoms with van der Waals surface area (Å²) < 4.78 is 3.19. The number of aromatic nitrogens is 3. The summed E-state index contributed by atoms with van der Waals surface area (Å²) in [7, 11) is 0. The van der Waals surface area contributed by atoms with Crippen LogP contribution >= 0.6 is 11.3 Å². The van der Waals surface area contributed by atoms with Gasteiger partial charge in [0, 0.05) is 5.92 Å². The third-order valence-electron chi connectivity index (χ3n) is 7.25. The van der Waals surface area contributed by atoms with Gasteiger partial charge in [0.1, 0.15) is 11.1 Å². The van der Waals surface area contributed by atoms with Gasteiger partial charge in [-0.05, 0) is 67.5 Å². The van der Waals surface area contributed by atoms with Gasteiger partial charge < -0.3 is 5.11 Å². The van der Waals surface area contributed by atoms with Gasteiger partial charge in [0.2, 0.25) is 0 Å². The maximum Gasteiger partial charge on any atom is 0.123 e. The van der Waals surface area contributed by atoms with Gasteiger partial charge in [-0.2, -0.15) is 5.10 Å². The fourth-order valence-electron chi connectivity index (χ4n) is 5.46. The van der Waals surface area contributed by atoms with E-state index >= 15 is 0 Å². The summed E-state index contributed by atoms with van der Waals surface area (Å²) in [6.07, 6.45) is 6.71. The van der Waals surface area contributed by atoms with E-state index in [2.05, 4.69) is 54.9 Å². The molecule has 5 heteroatoms. The van der Waals surface area contributed by atoms with Crippen molar-refractivity contribution in [2.45, 2.75) is 39.2 Å². The molecule has 0 aliphatic heterocycles. The lowest BCUT2D eigenvalue weighted by molar-refractivity contribution is 0.0555. The lowest BCUT2D eigenvalue weighted by atomic mass is 9.68. The summed E-state index contributed by atoms with van der Waals surface area (Å²) in [6.45, 7) is 4.42. The van der Waals surface area contributed by atoms with Crippen molar-refractivity contribution in [3.05, 3.63) is 82.1 Å². The molecule has 0 amide bonds. The average molecular weight is 428 g/mol. The molecule has 2 aliphatic carbocycles. The smallest absolute Gasteiger partial charge is 0.123 e. The van der Waals surface area contributed by atoms with Crippen LogP contribution in [-0.4, -0.2) is 19.9 Å². The number of fused-ring (bicyclic) bond motifs is 3. The summed E-state index contributed by atoms with van der Waals surface area (Å²) in [4.78, 5) is 4.75. The van der Waals surface area contributed by atoms with Gasteiger partial charge in [-0.25, -0.2) is 9.67 Å². The van der Waals surface area contributed by atoms with Crippen LogP contribution in [0.5, 0.6) is 0 Å². The van der Waals surface area contributed by atoms with E-state index in [0.29, 0.717) is 0 Å². The molecule has 2 heterocycles. The fourth-order valence-corrected chi connectivity index (χ4v) is 6.48. The van der Waals surface area contributed by atoms with Crippen LogP contribution in [-0.2, 0) is 6.42 Å². The zero-order chi connectivity index (χ0) is 21.2. The van der Waals surface area contributed by atoms with Gasteiger partial charge in [0.25, 0.3) is 0 Å². The largest absolute Gasteiger partial charge is 0.386 e. The van der Waals surface area contributed by atoms with Crippen molar-refractivity contribution < 1.29 is 5.11 Å². The van der Waals surface area contributed by atoms with Gasteiger partial charge in [-0.15, -0.1) is 11.3 Å². The number of aryl methyl sites for hydroxylation is 1. The average Bonchev–Trinajstić information content (AvgIpc) is 3.46. The molecule has 0 saturated heterocycles. The first kappa shape index (κ1) is 19.0. The number of para-hydroxylation sites is 1.